The van der Waals surface area contributed by atoms with Gasteiger partial charge in [0.25, 0.3) is 11.5 Å². The van der Waals surface area contributed by atoms with Gasteiger partial charge in [0.15, 0.2) is 6.61 Å². The first-order valence-electron chi connectivity index (χ1n) is 8.70. The second kappa shape index (κ2) is 8.17. The number of nitrogens with one attached hydrogen (secondary N) is 1. The summed E-state index contributed by atoms with van der Waals surface area (Å²) >= 11 is 12.0. The summed E-state index contributed by atoms with van der Waals surface area (Å²) < 4.78 is 11.5. The number of carbonyl (C=O) groups excluding carboxylic acids is 2. The van der Waals surface area contributed by atoms with Crippen molar-refractivity contribution in [3.63, 3.8) is 0 Å². The second-order valence-corrected chi connectivity index (χ2v) is 7.07. The molecular weight excluding hydrogens is 433 g/mol. The van der Waals surface area contributed by atoms with E-state index in [1.54, 1.807) is 36.4 Å². The molecule has 0 unspecified atom stereocenters. The van der Waals surface area contributed by atoms with Crippen LogP contribution in [-0.2, 0) is 20.9 Å². The largest absolute Gasteiger partial charge is 0.454 e. The predicted molar refractivity (Wildman–Crippen MR) is 112 cm³/mol. The number of fused-ring (bicyclic) bond motifs is 3. The van der Waals surface area contributed by atoms with Gasteiger partial charge in [0, 0.05) is 5.39 Å². The lowest BCUT2D eigenvalue weighted by molar-refractivity contribution is -0.147. The number of para-hydroxylation sites is 2. The summed E-state index contributed by atoms with van der Waals surface area (Å²) in [5.74, 6) is -1.42. The molecule has 0 aliphatic rings. The van der Waals surface area contributed by atoms with Crippen LogP contribution in [0, 0.1) is 0 Å². The molecule has 0 aliphatic heterocycles. The molecule has 10 heteroatoms. The highest BCUT2D eigenvalue weighted by atomic mass is 35.5. The molecule has 0 radical (unpaired) electrons. The Balaban J connectivity index is 1.43. The van der Waals surface area contributed by atoms with Crippen molar-refractivity contribution >= 4 is 62.8 Å². The van der Waals surface area contributed by atoms with Crippen LogP contribution in [0.3, 0.4) is 0 Å². The number of aromatic nitrogens is 2. The first-order valence-corrected chi connectivity index (χ1v) is 9.46. The van der Waals surface area contributed by atoms with Crippen LogP contribution in [0.25, 0.3) is 22.1 Å². The average molecular weight is 446 g/mol. The lowest BCUT2D eigenvalue weighted by Crippen LogP contribution is -2.27. The van der Waals surface area contributed by atoms with Crippen molar-refractivity contribution in [2.75, 3.05) is 11.9 Å². The number of hydrogen-bond acceptors (Lipinski definition) is 6. The molecule has 152 valence electrons. The van der Waals surface area contributed by atoms with E-state index in [1.165, 1.54) is 6.33 Å². The Labute approximate surface area is 179 Å². The van der Waals surface area contributed by atoms with Crippen molar-refractivity contribution < 1.29 is 18.7 Å². The number of esters is 1. The summed E-state index contributed by atoms with van der Waals surface area (Å²) in [5.41, 5.74) is 0.666. The summed E-state index contributed by atoms with van der Waals surface area (Å²) in [4.78, 5) is 40.9. The van der Waals surface area contributed by atoms with Crippen molar-refractivity contribution in [1.29, 1.82) is 0 Å². The fourth-order valence-electron chi connectivity index (χ4n) is 2.85. The quantitative estimate of drug-likeness (QED) is 0.470. The summed E-state index contributed by atoms with van der Waals surface area (Å²) in [6, 6.07) is 11.8. The zero-order chi connectivity index (χ0) is 21.3. The maximum absolute atomic E-state index is 12.6. The molecule has 2 aromatic heterocycles. The molecule has 2 heterocycles. The minimum atomic E-state index is -0.797. The normalized spacial score (nSPS) is 11.0. The number of nitrogens with zero attached hydrogens (tertiary/aromatic N) is 2. The van der Waals surface area contributed by atoms with Gasteiger partial charge in [-0.05, 0) is 24.3 Å². The van der Waals surface area contributed by atoms with Gasteiger partial charge in [0.2, 0.25) is 5.58 Å². The third-order valence-electron chi connectivity index (χ3n) is 4.24. The maximum Gasteiger partial charge on any atom is 0.326 e. The first-order chi connectivity index (χ1) is 14.4. The zero-order valence-electron chi connectivity index (χ0n) is 15.2. The molecule has 8 nitrogen and oxygen atoms in total. The van der Waals surface area contributed by atoms with Crippen molar-refractivity contribution in [1.82, 2.24) is 9.55 Å². The van der Waals surface area contributed by atoms with Gasteiger partial charge in [-0.3, -0.25) is 19.0 Å². The molecule has 0 saturated carbocycles. The number of carbonyl (C=O) groups is 2. The monoisotopic (exact) mass is 445 g/mol. The minimum absolute atomic E-state index is 0.0394. The fourth-order valence-corrected chi connectivity index (χ4v) is 3.34. The molecule has 1 N–H and O–H groups in total. The van der Waals surface area contributed by atoms with Crippen molar-refractivity contribution in [2.45, 2.75) is 6.54 Å². The van der Waals surface area contributed by atoms with E-state index >= 15 is 0 Å². The fraction of sp³-hybridized carbons (Fsp3) is 0.100. The van der Waals surface area contributed by atoms with E-state index in [2.05, 4.69) is 10.3 Å². The Morgan fingerprint density at radius 2 is 1.83 bits per heavy atom. The molecule has 0 spiro atoms. The van der Waals surface area contributed by atoms with Gasteiger partial charge < -0.3 is 14.5 Å². The van der Waals surface area contributed by atoms with Crippen LogP contribution in [0.1, 0.15) is 0 Å². The van der Waals surface area contributed by atoms with Gasteiger partial charge in [-0.25, -0.2) is 4.98 Å². The van der Waals surface area contributed by atoms with E-state index in [0.717, 1.165) is 4.57 Å². The van der Waals surface area contributed by atoms with Crippen molar-refractivity contribution in [3.05, 3.63) is 69.2 Å². The van der Waals surface area contributed by atoms with E-state index in [0.29, 0.717) is 16.5 Å². The van der Waals surface area contributed by atoms with Gasteiger partial charge in [0.1, 0.15) is 17.6 Å². The Morgan fingerprint density at radius 1 is 1.10 bits per heavy atom. The molecule has 0 aliphatic carbocycles. The third kappa shape index (κ3) is 3.87. The van der Waals surface area contributed by atoms with Crippen molar-refractivity contribution in [2.24, 2.45) is 0 Å². The number of benzene rings is 2. The van der Waals surface area contributed by atoms with Gasteiger partial charge in [-0.2, -0.15) is 0 Å². The Bertz CT molecular complexity index is 1330. The maximum atomic E-state index is 12.6. The molecular formula is C20H13Cl2N3O5. The molecule has 4 aromatic rings. The number of anilines is 1. The summed E-state index contributed by atoms with van der Waals surface area (Å²) in [7, 11) is 0. The number of amides is 1. The van der Waals surface area contributed by atoms with Crippen LogP contribution >= 0.6 is 23.2 Å². The predicted octanol–water partition coefficient (Wildman–Crippen LogP) is 3.63. The Morgan fingerprint density at radius 3 is 2.60 bits per heavy atom. The molecule has 4 rings (SSSR count). The van der Waals surface area contributed by atoms with E-state index in [4.69, 9.17) is 32.4 Å². The standard InChI is InChI=1S/C20H13Cl2N3O5/c21-12-5-3-6-13(22)18(12)24-15(26)9-29-16(27)8-25-10-23-17-11-4-1-2-7-14(11)30-19(17)20(25)28/h1-7,10H,8-9H2,(H,24,26). The third-order valence-corrected chi connectivity index (χ3v) is 4.87. The highest BCUT2D eigenvalue weighted by Gasteiger charge is 2.16. The van der Waals surface area contributed by atoms with E-state index in [-0.39, 0.29) is 21.3 Å². The van der Waals surface area contributed by atoms with Gasteiger partial charge >= 0.3 is 5.97 Å². The topological polar surface area (TPSA) is 103 Å². The van der Waals surface area contributed by atoms with E-state index in [9.17, 15) is 14.4 Å². The molecule has 30 heavy (non-hydrogen) atoms. The summed E-state index contributed by atoms with van der Waals surface area (Å²) in [6.07, 6.45) is 1.23. The Hall–Kier alpha value is -3.36. The number of rotatable bonds is 5. The van der Waals surface area contributed by atoms with Crippen LogP contribution in [0.2, 0.25) is 10.0 Å². The number of halogens is 2. The Kier molecular flexibility index (Phi) is 5.43. The highest BCUT2D eigenvalue weighted by Crippen LogP contribution is 2.29. The van der Waals surface area contributed by atoms with Crippen LogP contribution in [0.5, 0.6) is 0 Å². The molecule has 0 bridgehead atoms. The van der Waals surface area contributed by atoms with Gasteiger partial charge in [-0.1, -0.05) is 41.4 Å². The highest BCUT2D eigenvalue weighted by molar-refractivity contribution is 6.39. The van der Waals surface area contributed by atoms with Crippen LogP contribution in [0.15, 0.2) is 58.0 Å². The summed E-state index contributed by atoms with van der Waals surface area (Å²) in [6.45, 7) is -1.01. The van der Waals surface area contributed by atoms with E-state index in [1.807, 2.05) is 6.07 Å². The van der Waals surface area contributed by atoms with Gasteiger partial charge in [0.05, 0.1) is 22.1 Å². The van der Waals surface area contributed by atoms with Crippen LogP contribution in [-0.4, -0.2) is 28.0 Å². The second-order valence-electron chi connectivity index (χ2n) is 6.26. The lowest BCUT2D eigenvalue weighted by Gasteiger charge is -2.10. The molecule has 2 aromatic carbocycles. The molecule has 0 saturated heterocycles. The summed E-state index contributed by atoms with van der Waals surface area (Å²) in [5, 5.41) is 3.67. The number of ether oxygens (including phenoxy) is 1. The average Bonchev–Trinajstić information content (AvgIpc) is 3.11. The number of hydrogen-bond donors (Lipinski definition) is 1. The van der Waals surface area contributed by atoms with Crippen LogP contribution in [0.4, 0.5) is 5.69 Å². The van der Waals surface area contributed by atoms with Crippen LogP contribution < -0.4 is 10.9 Å². The van der Waals surface area contributed by atoms with Crippen molar-refractivity contribution in [3.8, 4) is 0 Å². The molecule has 0 fully saturated rings. The lowest BCUT2D eigenvalue weighted by atomic mass is 10.2. The van der Waals surface area contributed by atoms with E-state index < -0.39 is 30.6 Å². The molecule has 0 atom stereocenters. The zero-order valence-corrected chi connectivity index (χ0v) is 16.7. The molecule has 1 amide bonds. The first kappa shape index (κ1) is 19.9. The smallest absolute Gasteiger partial charge is 0.326 e. The SMILES string of the molecule is O=C(COC(=O)Cn1cnc2c(oc3ccccc32)c1=O)Nc1c(Cl)cccc1Cl. The number of furan rings is 1. The van der Waals surface area contributed by atoms with Gasteiger partial charge in [-0.15, -0.1) is 0 Å². The minimum Gasteiger partial charge on any atom is -0.454 e.